The third-order valence-corrected chi connectivity index (χ3v) is 6.43. The Morgan fingerprint density at radius 3 is 2.78 bits per heavy atom. The Kier molecular flexibility index (Phi) is 6.35. The third kappa shape index (κ3) is 5.18. The molecule has 0 spiro atoms. The largest absolute Gasteiger partial charge is 0.493 e. The molecular weight excluding hydrogens is 367 g/mol. The highest BCUT2D eigenvalue weighted by atomic mass is 35.5. The van der Waals surface area contributed by atoms with Gasteiger partial charge in [0, 0.05) is 21.7 Å². The van der Waals surface area contributed by atoms with E-state index in [1.54, 1.807) is 6.07 Å². The van der Waals surface area contributed by atoms with E-state index in [1.807, 2.05) is 35.2 Å². The van der Waals surface area contributed by atoms with Gasteiger partial charge in [0.1, 0.15) is 5.75 Å². The highest BCUT2D eigenvalue weighted by Crippen LogP contribution is 2.33. The van der Waals surface area contributed by atoms with E-state index in [2.05, 4.69) is 23.6 Å². The van der Waals surface area contributed by atoms with Gasteiger partial charge < -0.3 is 4.74 Å². The van der Waals surface area contributed by atoms with Crippen LogP contribution in [-0.2, 0) is 0 Å². The van der Waals surface area contributed by atoms with Crippen LogP contribution in [0.3, 0.4) is 0 Å². The number of hydrogen-bond donors (Lipinski definition) is 0. The van der Waals surface area contributed by atoms with Crippen LogP contribution in [0.15, 0.2) is 51.6 Å². The first-order valence-corrected chi connectivity index (χ1v) is 10.3. The van der Waals surface area contributed by atoms with Gasteiger partial charge in [-0.05, 0) is 48.9 Å². The zero-order valence-corrected chi connectivity index (χ0v) is 15.8. The molecule has 0 bridgehead atoms. The van der Waals surface area contributed by atoms with Gasteiger partial charge in [-0.2, -0.15) is 0 Å². The van der Waals surface area contributed by atoms with E-state index < -0.39 is 0 Å². The summed E-state index contributed by atoms with van der Waals surface area (Å²) in [6.45, 7) is 0.701. The lowest BCUT2D eigenvalue weighted by Crippen LogP contribution is -2.12. The molecule has 1 aromatic carbocycles. The van der Waals surface area contributed by atoms with Gasteiger partial charge in [0.05, 0.1) is 10.8 Å². The van der Waals surface area contributed by atoms with Crippen molar-refractivity contribution < 1.29 is 4.74 Å². The fraction of sp³-hybridized carbons (Fsp3) is 0.333. The molecule has 0 saturated carbocycles. The Labute approximate surface area is 155 Å². The first kappa shape index (κ1) is 17.2. The Balaban J connectivity index is 1.48. The number of thiophene rings is 1. The van der Waals surface area contributed by atoms with Gasteiger partial charge in [-0.3, -0.25) is 0 Å². The number of ether oxygens (including phenoxy) is 1. The van der Waals surface area contributed by atoms with Gasteiger partial charge in [0.15, 0.2) is 0 Å². The number of rotatable bonds is 7. The molecule has 23 heavy (non-hydrogen) atoms. The average molecular weight is 385 g/mol. The predicted octanol–water partition coefficient (Wildman–Crippen LogP) is 6.95. The Bertz CT molecular complexity index is 647. The van der Waals surface area contributed by atoms with Crippen LogP contribution in [0, 0.1) is 5.92 Å². The molecule has 0 fully saturated rings. The SMILES string of the molecule is Clc1cc(Cl)cc(OC[C@H]2CCC=C2CCSc2cccs2)c1. The standard InChI is InChI=1S/C18H18Cl2OS2/c19-15-9-16(20)11-17(10-15)21-12-14-4-1-3-13(14)6-8-23-18-5-2-7-22-18/h2-3,5,7,9-11,14H,1,4,6,8,12H2/t14-/m1/s1. The van der Waals surface area contributed by atoms with Crippen LogP contribution < -0.4 is 4.74 Å². The lowest BCUT2D eigenvalue weighted by atomic mass is 10.0. The topological polar surface area (TPSA) is 9.23 Å². The van der Waals surface area contributed by atoms with Crippen LogP contribution in [0.5, 0.6) is 5.75 Å². The minimum Gasteiger partial charge on any atom is -0.493 e. The zero-order chi connectivity index (χ0) is 16.1. The van der Waals surface area contributed by atoms with Gasteiger partial charge >= 0.3 is 0 Å². The number of allylic oxidation sites excluding steroid dienone is 1. The molecule has 1 nitrogen and oxygen atoms in total. The summed E-state index contributed by atoms with van der Waals surface area (Å²) in [6, 6.07) is 9.64. The summed E-state index contributed by atoms with van der Waals surface area (Å²) in [5.41, 5.74) is 1.53. The first-order valence-electron chi connectivity index (χ1n) is 7.65. The van der Waals surface area contributed by atoms with Crippen LogP contribution in [0.1, 0.15) is 19.3 Å². The van der Waals surface area contributed by atoms with Crippen LogP contribution >= 0.6 is 46.3 Å². The lowest BCUT2D eigenvalue weighted by Gasteiger charge is -2.16. The molecule has 0 amide bonds. The van der Waals surface area contributed by atoms with Crippen LogP contribution in [0.4, 0.5) is 0 Å². The summed E-state index contributed by atoms with van der Waals surface area (Å²) >= 11 is 15.8. The maximum Gasteiger partial charge on any atom is 0.122 e. The molecule has 0 radical (unpaired) electrons. The van der Waals surface area contributed by atoms with Gasteiger partial charge in [0.2, 0.25) is 0 Å². The van der Waals surface area contributed by atoms with Gasteiger partial charge in [-0.15, -0.1) is 23.1 Å². The Morgan fingerprint density at radius 1 is 1.22 bits per heavy atom. The highest BCUT2D eigenvalue weighted by Gasteiger charge is 2.20. The second kappa shape index (κ2) is 8.48. The molecule has 1 heterocycles. The van der Waals surface area contributed by atoms with Crippen LogP contribution in [-0.4, -0.2) is 12.4 Å². The van der Waals surface area contributed by atoms with Crippen molar-refractivity contribution >= 4 is 46.3 Å². The van der Waals surface area contributed by atoms with E-state index in [0.717, 1.165) is 24.3 Å². The van der Waals surface area contributed by atoms with E-state index >= 15 is 0 Å². The average Bonchev–Trinajstić information content (AvgIpc) is 3.16. The monoisotopic (exact) mass is 384 g/mol. The number of thioether (sulfide) groups is 1. The predicted molar refractivity (Wildman–Crippen MR) is 102 cm³/mol. The number of halogens is 2. The molecule has 2 aromatic rings. The summed E-state index contributed by atoms with van der Waals surface area (Å²) in [4.78, 5) is 0. The van der Waals surface area contributed by atoms with Crippen molar-refractivity contribution in [3.05, 3.63) is 57.4 Å². The Morgan fingerprint density at radius 2 is 2.04 bits per heavy atom. The van der Waals surface area contributed by atoms with Crippen molar-refractivity contribution in [3.8, 4) is 5.75 Å². The normalized spacial score (nSPS) is 17.3. The van der Waals surface area contributed by atoms with Crippen LogP contribution in [0.2, 0.25) is 10.0 Å². The molecule has 0 N–H and O–H groups in total. The molecule has 1 aliphatic carbocycles. The fourth-order valence-corrected chi connectivity index (χ4v) is 5.10. The second-order valence-corrected chi connectivity index (χ2v) is 8.72. The fourth-order valence-electron chi connectivity index (χ4n) is 2.74. The van der Waals surface area contributed by atoms with E-state index in [-0.39, 0.29) is 0 Å². The number of benzene rings is 1. The molecule has 0 unspecified atom stereocenters. The quantitative estimate of drug-likeness (QED) is 0.377. The van der Waals surface area contributed by atoms with Crippen molar-refractivity contribution in [3.63, 3.8) is 0 Å². The maximum atomic E-state index is 6.01. The molecule has 3 rings (SSSR count). The molecule has 1 aromatic heterocycles. The zero-order valence-electron chi connectivity index (χ0n) is 12.6. The van der Waals surface area contributed by atoms with E-state index in [9.17, 15) is 0 Å². The van der Waals surface area contributed by atoms with Gasteiger partial charge in [0.25, 0.3) is 0 Å². The first-order chi connectivity index (χ1) is 11.2. The van der Waals surface area contributed by atoms with E-state index in [4.69, 9.17) is 27.9 Å². The summed E-state index contributed by atoms with van der Waals surface area (Å²) in [5, 5.41) is 3.35. The second-order valence-electron chi connectivity index (χ2n) is 5.50. The lowest BCUT2D eigenvalue weighted by molar-refractivity contribution is 0.266. The molecule has 1 atom stereocenters. The summed E-state index contributed by atoms with van der Waals surface area (Å²) in [5.74, 6) is 2.39. The minimum absolute atomic E-state index is 0.511. The van der Waals surface area contributed by atoms with Gasteiger partial charge in [-0.1, -0.05) is 40.9 Å². The minimum atomic E-state index is 0.511. The molecule has 5 heteroatoms. The summed E-state index contributed by atoms with van der Waals surface area (Å²) in [6.07, 6.45) is 5.84. The third-order valence-electron chi connectivity index (χ3n) is 3.86. The van der Waals surface area contributed by atoms with Crippen molar-refractivity contribution in [2.75, 3.05) is 12.4 Å². The van der Waals surface area contributed by atoms with Gasteiger partial charge in [-0.25, -0.2) is 0 Å². The van der Waals surface area contributed by atoms with Crippen molar-refractivity contribution in [2.24, 2.45) is 5.92 Å². The maximum absolute atomic E-state index is 6.01. The van der Waals surface area contributed by atoms with E-state index in [1.165, 1.54) is 16.2 Å². The molecule has 122 valence electrons. The molecule has 0 aliphatic heterocycles. The smallest absolute Gasteiger partial charge is 0.122 e. The van der Waals surface area contributed by atoms with E-state index in [0.29, 0.717) is 22.6 Å². The van der Waals surface area contributed by atoms with Crippen molar-refractivity contribution in [1.82, 2.24) is 0 Å². The summed E-state index contributed by atoms with van der Waals surface area (Å²) in [7, 11) is 0. The number of hydrogen-bond acceptors (Lipinski definition) is 3. The summed E-state index contributed by atoms with van der Waals surface area (Å²) < 4.78 is 7.31. The highest BCUT2D eigenvalue weighted by molar-refractivity contribution is 8.01. The molecule has 1 aliphatic rings. The van der Waals surface area contributed by atoms with Crippen LogP contribution in [0.25, 0.3) is 0 Å². The molecular formula is C18H18Cl2OS2. The van der Waals surface area contributed by atoms with Crippen molar-refractivity contribution in [1.29, 1.82) is 0 Å². The molecule has 0 saturated heterocycles. The van der Waals surface area contributed by atoms with Crippen molar-refractivity contribution in [2.45, 2.75) is 23.5 Å². The Hall–Kier alpha value is -0.610.